The fourth-order valence-electron chi connectivity index (χ4n) is 1.88. The van der Waals surface area contributed by atoms with Gasteiger partial charge in [0.05, 0.1) is 0 Å². The third-order valence-electron chi connectivity index (χ3n) is 2.84. The number of hydrogen-bond acceptors (Lipinski definition) is 4. The van der Waals surface area contributed by atoms with Crippen molar-refractivity contribution in [3.8, 4) is 0 Å². The average Bonchev–Trinajstić information content (AvgIpc) is 2.36. The molecule has 1 rings (SSSR count). The minimum Gasteiger partial charge on any atom is -0.383 e. The second kappa shape index (κ2) is 8.43. The predicted molar refractivity (Wildman–Crippen MR) is 86.6 cm³/mol. The number of nitrogens with zero attached hydrogens (tertiary/aromatic N) is 1. The lowest BCUT2D eigenvalue weighted by molar-refractivity contribution is 0.576. The van der Waals surface area contributed by atoms with Gasteiger partial charge in [-0.15, -0.1) is 0 Å². The molecule has 1 aromatic rings. The molecule has 0 amide bonds. The topological polar surface area (TPSA) is 50.9 Å². The summed E-state index contributed by atoms with van der Waals surface area (Å²) >= 11 is 1.98. The van der Waals surface area contributed by atoms with Gasteiger partial charge in [0.2, 0.25) is 0 Å². The molecule has 108 valence electrons. The molecule has 1 unspecified atom stereocenters. The first-order valence-corrected chi connectivity index (χ1v) is 8.23. The predicted octanol–water partition coefficient (Wildman–Crippen LogP) is 3.40. The van der Waals surface area contributed by atoms with Crippen LogP contribution in [0.4, 0.5) is 5.82 Å². The Morgan fingerprint density at radius 2 is 2.11 bits per heavy atom. The largest absolute Gasteiger partial charge is 0.383 e. The first-order valence-electron chi connectivity index (χ1n) is 7.07. The van der Waals surface area contributed by atoms with Gasteiger partial charge in [0.15, 0.2) is 0 Å². The number of pyridine rings is 1. The Bertz CT molecular complexity index is 380. The summed E-state index contributed by atoms with van der Waals surface area (Å²) in [5, 5.41) is 3.59. The molecule has 3 nitrogen and oxygen atoms in total. The summed E-state index contributed by atoms with van der Waals surface area (Å²) in [6, 6.07) is 2.46. The van der Waals surface area contributed by atoms with Crippen LogP contribution in [-0.4, -0.2) is 23.0 Å². The lowest BCUT2D eigenvalue weighted by Gasteiger charge is -2.20. The molecular weight excluding hydrogens is 254 g/mol. The number of nitrogens with one attached hydrogen (secondary N) is 1. The number of hydrogen-bond donors (Lipinski definition) is 2. The van der Waals surface area contributed by atoms with Gasteiger partial charge in [-0.25, -0.2) is 4.98 Å². The van der Waals surface area contributed by atoms with Crippen molar-refractivity contribution in [3.63, 3.8) is 0 Å². The van der Waals surface area contributed by atoms with Crippen molar-refractivity contribution < 1.29 is 0 Å². The molecule has 0 aliphatic heterocycles. The zero-order chi connectivity index (χ0) is 14.3. The first kappa shape index (κ1) is 16.3. The maximum absolute atomic E-state index is 6.03. The minimum absolute atomic E-state index is 0.302. The van der Waals surface area contributed by atoms with Crippen LogP contribution in [0.25, 0.3) is 0 Å². The second-order valence-electron chi connectivity index (χ2n) is 5.43. The molecule has 0 saturated heterocycles. The van der Waals surface area contributed by atoms with Gasteiger partial charge < -0.3 is 11.1 Å². The summed E-state index contributed by atoms with van der Waals surface area (Å²) in [5.74, 6) is 3.62. The smallest absolute Gasteiger partial charge is 0.128 e. The highest BCUT2D eigenvalue weighted by Crippen LogP contribution is 2.24. The minimum atomic E-state index is 0.302. The van der Waals surface area contributed by atoms with Crippen LogP contribution >= 0.6 is 11.8 Å². The summed E-state index contributed by atoms with van der Waals surface area (Å²) in [5.41, 5.74) is 8.34. The van der Waals surface area contributed by atoms with E-state index in [-0.39, 0.29) is 0 Å². The molecule has 0 spiro atoms. The Hall–Kier alpha value is -0.740. The van der Waals surface area contributed by atoms with Gasteiger partial charge in [0, 0.05) is 23.6 Å². The number of aromatic nitrogens is 1. The van der Waals surface area contributed by atoms with Crippen LogP contribution in [0.2, 0.25) is 0 Å². The van der Waals surface area contributed by atoms with Gasteiger partial charge in [-0.2, -0.15) is 11.8 Å². The Morgan fingerprint density at radius 1 is 1.37 bits per heavy atom. The van der Waals surface area contributed by atoms with E-state index in [0.29, 0.717) is 11.9 Å². The van der Waals surface area contributed by atoms with Crippen LogP contribution in [0.5, 0.6) is 0 Å². The van der Waals surface area contributed by atoms with E-state index in [9.17, 15) is 0 Å². The Balaban J connectivity index is 2.73. The third kappa shape index (κ3) is 5.83. The standard InChI is InChI=1S/C15H27N3S/c1-5-6-17-14(10-19-9-11(2)3)13-7-12(4)8-18-15(13)16/h7-8,11,14,17H,5-6,9-10H2,1-4H3,(H2,16,18). The molecule has 4 heteroatoms. The normalized spacial score (nSPS) is 12.9. The van der Waals surface area contributed by atoms with Gasteiger partial charge in [0.25, 0.3) is 0 Å². The number of thioether (sulfide) groups is 1. The molecule has 1 aromatic heterocycles. The van der Waals surface area contributed by atoms with Crippen molar-refractivity contribution in [2.75, 3.05) is 23.8 Å². The van der Waals surface area contributed by atoms with Gasteiger partial charge in [0.1, 0.15) is 5.82 Å². The van der Waals surface area contributed by atoms with Crippen LogP contribution in [0.1, 0.15) is 44.4 Å². The van der Waals surface area contributed by atoms with Gasteiger partial charge >= 0.3 is 0 Å². The quantitative estimate of drug-likeness (QED) is 0.767. The van der Waals surface area contributed by atoms with E-state index in [4.69, 9.17) is 5.73 Å². The second-order valence-corrected chi connectivity index (χ2v) is 6.50. The maximum atomic E-state index is 6.03. The fraction of sp³-hybridized carbons (Fsp3) is 0.667. The number of anilines is 1. The van der Waals surface area contributed by atoms with Gasteiger partial charge in [-0.1, -0.05) is 20.8 Å². The summed E-state index contributed by atoms with van der Waals surface area (Å²) < 4.78 is 0. The third-order valence-corrected chi connectivity index (χ3v) is 4.31. The lowest BCUT2D eigenvalue weighted by atomic mass is 10.1. The zero-order valence-corrected chi connectivity index (χ0v) is 13.4. The molecular formula is C15H27N3S. The van der Waals surface area contributed by atoms with Crippen LogP contribution in [0.15, 0.2) is 12.3 Å². The van der Waals surface area contributed by atoms with E-state index in [2.05, 4.69) is 44.1 Å². The maximum Gasteiger partial charge on any atom is 0.128 e. The molecule has 0 aliphatic carbocycles. The summed E-state index contributed by atoms with van der Waals surface area (Å²) in [6.07, 6.45) is 2.96. The van der Waals surface area contributed by atoms with Crippen molar-refractivity contribution >= 4 is 17.6 Å². The monoisotopic (exact) mass is 281 g/mol. The van der Waals surface area contributed by atoms with E-state index in [1.165, 1.54) is 11.3 Å². The van der Waals surface area contributed by atoms with Gasteiger partial charge in [-0.3, -0.25) is 0 Å². The number of nitrogen functional groups attached to an aromatic ring is 1. The molecule has 0 saturated carbocycles. The van der Waals surface area contributed by atoms with Crippen molar-refractivity contribution in [1.82, 2.24) is 10.3 Å². The van der Waals surface area contributed by atoms with Crippen molar-refractivity contribution in [2.24, 2.45) is 5.92 Å². The molecule has 3 N–H and O–H groups in total. The highest BCUT2D eigenvalue weighted by Gasteiger charge is 2.15. The summed E-state index contributed by atoms with van der Waals surface area (Å²) in [4.78, 5) is 4.28. The van der Waals surface area contributed by atoms with E-state index in [1.54, 1.807) is 0 Å². The average molecular weight is 281 g/mol. The van der Waals surface area contributed by atoms with Gasteiger partial charge in [-0.05, 0) is 43.2 Å². The molecule has 19 heavy (non-hydrogen) atoms. The molecule has 0 radical (unpaired) electrons. The molecule has 0 aromatic carbocycles. The van der Waals surface area contributed by atoms with Crippen molar-refractivity contribution in [3.05, 3.63) is 23.4 Å². The van der Waals surface area contributed by atoms with Crippen LogP contribution < -0.4 is 11.1 Å². The summed E-state index contributed by atoms with van der Waals surface area (Å²) in [7, 11) is 0. The SMILES string of the molecule is CCCNC(CSCC(C)C)c1cc(C)cnc1N. The molecule has 1 heterocycles. The zero-order valence-electron chi connectivity index (χ0n) is 12.6. The van der Waals surface area contributed by atoms with Crippen molar-refractivity contribution in [2.45, 2.75) is 40.2 Å². The van der Waals surface area contributed by atoms with E-state index in [0.717, 1.165) is 30.2 Å². The van der Waals surface area contributed by atoms with Crippen LogP contribution in [-0.2, 0) is 0 Å². The van der Waals surface area contributed by atoms with E-state index < -0.39 is 0 Å². The molecule has 1 atom stereocenters. The first-order chi connectivity index (χ1) is 9.04. The lowest BCUT2D eigenvalue weighted by Crippen LogP contribution is -2.25. The number of rotatable bonds is 8. The molecule has 0 fully saturated rings. The highest BCUT2D eigenvalue weighted by molar-refractivity contribution is 7.99. The fourth-order valence-corrected chi connectivity index (χ4v) is 3.02. The van der Waals surface area contributed by atoms with Crippen LogP contribution in [0, 0.1) is 12.8 Å². The Morgan fingerprint density at radius 3 is 2.74 bits per heavy atom. The highest BCUT2D eigenvalue weighted by atomic mass is 32.2. The molecule has 0 aliphatic rings. The Labute approximate surface area is 121 Å². The van der Waals surface area contributed by atoms with E-state index in [1.807, 2.05) is 18.0 Å². The summed E-state index contributed by atoms with van der Waals surface area (Å²) in [6.45, 7) is 9.77. The molecule has 0 bridgehead atoms. The van der Waals surface area contributed by atoms with E-state index >= 15 is 0 Å². The van der Waals surface area contributed by atoms with Crippen LogP contribution in [0.3, 0.4) is 0 Å². The Kier molecular flexibility index (Phi) is 7.24. The van der Waals surface area contributed by atoms with Crippen molar-refractivity contribution in [1.29, 1.82) is 0 Å². The number of nitrogens with two attached hydrogens (primary N) is 1. The number of aryl methyl sites for hydroxylation is 1.